The number of piperidine rings is 1. The molecule has 7 heterocycles. The molecule has 350 valence electrons. The minimum atomic E-state index is -0.656. The number of anilines is 3. The number of amides is 7. The van der Waals surface area contributed by atoms with Crippen molar-refractivity contribution in [1.82, 2.24) is 49.6 Å². The maximum Gasteiger partial charge on any atom is 0.323 e. The monoisotopic (exact) mass is 915 g/mol. The number of hydrogen-bond donors (Lipinski definition) is 4. The van der Waals surface area contributed by atoms with Gasteiger partial charge in [0.25, 0.3) is 11.8 Å². The summed E-state index contributed by atoms with van der Waals surface area (Å²) in [5, 5.41) is 15.4. The molecule has 2 saturated heterocycles. The maximum absolute atomic E-state index is 13.1. The third-order valence-electron chi connectivity index (χ3n) is 12.7. The number of piperazine rings is 1. The fourth-order valence-electron chi connectivity index (χ4n) is 9.26. The number of pyridine rings is 1. The second kappa shape index (κ2) is 20.1. The van der Waals surface area contributed by atoms with Crippen molar-refractivity contribution in [3.8, 4) is 5.82 Å². The number of imide groups is 1. The lowest BCUT2D eigenvalue weighted by molar-refractivity contribution is -0.137. The Morgan fingerprint density at radius 2 is 1.69 bits per heavy atom. The van der Waals surface area contributed by atoms with Crippen LogP contribution in [0, 0.1) is 6.92 Å². The Labute approximate surface area is 385 Å². The average Bonchev–Trinajstić information content (AvgIpc) is 4.17. The molecule has 7 amide bonds. The molecule has 1 atom stereocenters. The number of aryl methyl sites for hydroxylation is 1. The number of aromatic nitrogens is 6. The standard InChI is InChI=1S/C46H53N13O8/c1-29-22-32(52-46(65)53-35-25-48-38-10-12-51-59(38)41(35)30-4-2-3-5-30)24-49-42(29)57-27-36(50-28-57)43(62)47-13-19-67-21-20-66-18-11-40(61)56-16-14-55(15-17-56)33-6-7-34-31(23-33)26-58(45(34)64)37-8-9-39(60)54-44(37)63/h6-7,10,12,22-25,27-28,30,37H,2-5,8-9,11,13-21,26H2,1H3,(H,47,62)(H2,52,53,65)(H,54,60,63). The van der Waals surface area contributed by atoms with Crippen LogP contribution in [0.5, 0.6) is 0 Å². The van der Waals surface area contributed by atoms with Crippen LogP contribution in [-0.2, 0) is 30.4 Å². The van der Waals surface area contributed by atoms with Gasteiger partial charge in [-0.3, -0.25) is 33.9 Å². The summed E-state index contributed by atoms with van der Waals surface area (Å²) in [4.78, 5) is 94.7. The van der Waals surface area contributed by atoms with E-state index >= 15 is 0 Å². The molecule has 1 aromatic carbocycles. The van der Waals surface area contributed by atoms with E-state index in [9.17, 15) is 28.8 Å². The molecule has 4 N–H and O–H groups in total. The van der Waals surface area contributed by atoms with E-state index in [1.54, 1.807) is 46.4 Å². The molecule has 3 aliphatic heterocycles. The Balaban J connectivity index is 0.641. The zero-order valence-electron chi connectivity index (χ0n) is 37.2. The van der Waals surface area contributed by atoms with Crippen LogP contribution < -0.4 is 26.2 Å². The predicted molar refractivity (Wildman–Crippen MR) is 243 cm³/mol. The fraction of sp³-hybridized carbons (Fsp3) is 0.435. The predicted octanol–water partition coefficient (Wildman–Crippen LogP) is 3.18. The van der Waals surface area contributed by atoms with Gasteiger partial charge < -0.3 is 40.1 Å². The molecule has 1 aliphatic carbocycles. The van der Waals surface area contributed by atoms with E-state index in [0.29, 0.717) is 75.1 Å². The first-order valence-corrected chi connectivity index (χ1v) is 22.8. The van der Waals surface area contributed by atoms with Gasteiger partial charge in [0.2, 0.25) is 17.7 Å². The average molecular weight is 916 g/mol. The van der Waals surface area contributed by atoms with Crippen molar-refractivity contribution < 1.29 is 38.2 Å². The van der Waals surface area contributed by atoms with Crippen molar-refractivity contribution in [3.05, 3.63) is 89.5 Å². The molecule has 0 radical (unpaired) electrons. The molecule has 9 rings (SSSR count). The van der Waals surface area contributed by atoms with Crippen molar-refractivity contribution in [2.24, 2.45) is 0 Å². The number of hydrogen-bond acceptors (Lipinski definition) is 13. The number of rotatable bonds is 16. The van der Waals surface area contributed by atoms with Crippen LogP contribution in [0.2, 0.25) is 0 Å². The highest BCUT2D eigenvalue weighted by Gasteiger charge is 2.39. The van der Waals surface area contributed by atoms with Gasteiger partial charge in [-0.1, -0.05) is 12.8 Å². The highest BCUT2D eigenvalue weighted by atomic mass is 16.5. The Hall–Kier alpha value is -7.26. The summed E-state index contributed by atoms with van der Waals surface area (Å²) in [5.74, 6) is -0.466. The lowest BCUT2D eigenvalue weighted by atomic mass is 10.0. The zero-order valence-corrected chi connectivity index (χ0v) is 37.2. The number of nitrogens with zero attached hydrogens (tertiary/aromatic N) is 9. The van der Waals surface area contributed by atoms with E-state index in [2.05, 4.69) is 46.2 Å². The van der Waals surface area contributed by atoms with Crippen LogP contribution in [0.1, 0.15) is 88.5 Å². The van der Waals surface area contributed by atoms with Gasteiger partial charge in [-0.15, -0.1) is 0 Å². The van der Waals surface area contributed by atoms with E-state index in [1.807, 2.05) is 34.5 Å². The van der Waals surface area contributed by atoms with Crippen molar-refractivity contribution in [1.29, 1.82) is 0 Å². The summed E-state index contributed by atoms with van der Waals surface area (Å²) in [5.41, 5.74) is 6.15. The summed E-state index contributed by atoms with van der Waals surface area (Å²) >= 11 is 0. The molecular weight excluding hydrogens is 863 g/mol. The lowest BCUT2D eigenvalue weighted by Gasteiger charge is -2.36. The molecule has 5 aromatic rings. The van der Waals surface area contributed by atoms with Crippen LogP contribution in [0.4, 0.5) is 21.9 Å². The number of fused-ring (bicyclic) bond motifs is 2. The first-order valence-electron chi connectivity index (χ1n) is 22.8. The molecule has 3 fully saturated rings. The number of imidazole rings is 1. The Morgan fingerprint density at radius 3 is 2.48 bits per heavy atom. The van der Waals surface area contributed by atoms with E-state index in [1.165, 1.54) is 6.33 Å². The topological polar surface area (TPSA) is 240 Å². The van der Waals surface area contributed by atoms with Crippen LogP contribution in [-0.4, -0.2) is 140 Å². The first kappa shape index (κ1) is 44.9. The van der Waals surface area contributed by atoms with Gasteiger partial charge in [0.1, 0.15) is 23.9 Å². The van der Waals surface area contributed by atoms with Crippen molar-refractivity contribution in [2.45, 2.75) is 70.4 Å². The lowest BCUT2D eigenvalue weighted by Crippen LogP contribution is -2.52. The largest absolute Gasteiger partial charge is 0.379 e. The second-order valence-electron chi connectivity index (χ2n) is 17.1. The summed E-state index contributed by atoms with van der Waals surface area (Å²) < 4.78 is 14.7. The van der Waals surface area contributed by atoms with Crippen molar-refractivity contribution in [3.63, 3.8) is 0 Å². The Bertz CT molecular complexity index is 2690. The van der Waals surface area contributed by atoms with Crippen LogP contribution in [0.15, 0.2) is 61.4 Å². The van der Waals surface area contributed by atoms with Gasteiger partial charge in [-0.2, -0.15) is 5.10 Å². The minimum Gasteiger partial charge on any atom is -0.379 e. The summed E-state index contributed by atoms with van der Waals surface area (Å²) in [7, 11) is 0. The highest BCUT2D eigenvalue weighted by molar-refractivity contribution is 6.05. The molecule has 4 aromatic heterocycles. The van der Waals surface area contributed by atoms with Gasteiger partial charge in [0, 0.05) is 75.1 Å². The van der Waals surface area contributed by atoms with Gasteiger partial charge in [0.05, 0.1) is 68.5 Å². The molecule has 21 nitrogen and oxygen atoms in total. The molecule has 1 unspecified atom stereocenters. The van der Waals surface area contributed by atoms with E-state index in [-0.39, 0.29) is 67.8 Å². The molecule has 0 spiro atoms. The van der Waals surface area contributed by atoms with E-state index in [4.69, 9.17) is 9.47 Å². The summed E-state index contributed by atoms with van der Waals surface area (Å²) in [6.07, 6.45) is 13.1. The number of urea groups is 1. The second-order valence-corrected chi connectivity index (χ2v) is 17.1. The molecule has 4 aliphatic rings. The first-order chi connectivity index (χ1) is 32.6. The Morgan fingerprint density at radius 1 is 0.881 bits per heavy atom. The normalized spacial score (nSPS) is 17.5. The number of ether oxygens (including phenoxy) is 2. The zero-order chi connectivity index (χ0) is 46.4. The number of nitrogens with one attached hydrogen (secondary N) is 4. The third-order valence-corrected chi connectivity index (χ3v) is 12.7. The number of benzene rings is 1. The molecule has 21 heteroatoms. The Kier molecular flexibility index (Phi) is 13.5. The van der Waals surface area contributed by atoms with Crippen LogP contribution in [0.25, 0.3) is 11.5 Å². The van der Waals surface area contributed by atoms with Gasteiger partial charge in [0.15, 0.2) is 5.65 Å². The maximum atomic E-state index is 13.1. The van der Waals surface area contributed by atoms with Crippen molar-refractivity contribution >= 4 is 58.3 Å². The van der Waals surface area contributed by atoms with E-state index in [0.717, 1.165) is 53.8 Å². The van der Waals surface area contributed by atoms with Gasteiger partial charge >= 0.3 is 6.03 Å². The van der Waals surface area contributed by atoms with Gasteiger partial charge in [-0.05, 0) is 61.6 Å². The third kappa shape index (κ3) is 10.1. The number of carbonyl (C=O) groups is 6. The highest BCUT2D eigenvalue weighted by Crippen LogP contribution is 2.38. The molecule has 0 bridgehead atoms. The van der Waals surface area contributed by atoms with Crippen molar-refractivity contribution in [2.75, 3.05) is 74.7 Å². The van der Waals surface area contributed by atoms with Crippen LogP contribution >= 0.6 is 0 Å². The smallest absolute Gasteiger partial charge is 0.323 e. The molecule has 1 saturated carbocycles. The van der Waals surface area contributed by atoms with Crippen LogP contribution in [0.3, 0.4) is 0 Å². The van der Waals surface area contributed by atoms with E-state index < -0.39 is 18.0 Å². The molecule has 67 heavy (non-hydrogen) atoms. The minimum absolute atomic E-state index is 0.0106. The number of carbonyl (C=O) groups excluding carboxylic acids is 6. The molecular formula is C46H53N13O8. The summed E-state index contributed by atoms with van der Waals surface area (Å²) in [6, 6.07) is 8.24. The fourth-order valence-corrected chi connectivity index (χ4v) is 9.26. The SMILES string of the molecule is Cc1cc(NC(=O)Nc2cnc3ccnn3c2C2CCCC2)cnc1-n1cnc(C(=O)NCCOCCOCCC(=O)N2CCN(c3ccc4c(c3)CN(C3CCC(=O)NC3=O)C4=O)CC2)c1. The quantitative estimate of drug-likeness (QED) is 0.0823. The summed E-state index contributed by atoms with van der Waals surface area (Å²) in [6.45, 7) is 5.94. The van der Waals surface area contributed by atoms with Gasteiger partial charge in [-0.25, -0.2) is 24.3 Å².